The van der Waals surface area contributed by atoms with Crippen LogP contribution in [0.3, 0.4) is 0 Å². The lowest BCUT2D eigenvalue weighted by molar-refractivity contribution is 0.542. The highest BCUT2D eigenvalue weighted by molar-refractivity contribution is 9.10. The molecule has 3 heterocycles. The molecule has 0 aliphatic heterocycles. The minimum atomic E-state index is -3.88. The predicted molar refractivity (Wildman–Crippen MR) is 93.5 cm³/mol. The van der Waals surface area contributed by atoms with Gasteiger partial charge < -0.3 is 0 Å². The third-order valence-corrected chi connectivity index (χ3v) is 6.36. The number of imidazole rings is 1. The number of halogens is 1. The van der Waals surface area contributed by atoms with E-state index in [1.807, 2.05) is 0 Å². The normalized spacial score (nSPS) is 12.0. The first-order chi connectivity index (χ1) is 11.5. The second kappa shape index (κ2) is 5.40. The lowest BCUT2D eigenvalue weighted by Crippen LogP contribution is -2.15. The van der Waals surface area contributed by atoms with Crippen LogP contribution in [0.2, 0.25) is 0 Å². The molecule has 1 N–H and O–H groups in total. The molecule has 122 valence electrons. The van der Waals surface area contributed by atoms with Crippen LogP contribution in [-0.4, -0.2) is 34.0 Å². The van der Waals surface area contributed by atoms with Crippen LogP contribution in [0.15, 0.2) is 45.6 Å². The maximum atomic E-state index is 12.7. The number of aromatic nitrogens is 4. The van der Waals surface area contributed by atoms with E-state index < -0.39 is 10.0 Å². The third-order valence-electron chi connectivity index (χ3n) is 3.38. The van der Waals surface area contributed by atoms with E-state index in [0.717, 1.165) is 10.1 Å². The fourth-order valence-corrected chi connectivity index (χ4v) is 5.46. The summed E-state index contributed by atoms with van der Waals surface area (Å²) in [4.78, 5) is 15.7. The first kappa shape index (κ1) is 15.3. The fraction of sp³-hybridized carbons (Fsp3) is 0. The minimum Gasteiger partial charge on any atom is -0.278 e. The van der Waals surface area contributed by atoms with E-state index >= 15 is 0 Å². The van der Waals surface area contributed by atoms with Gasteiger partial charge in [-0.25, -0.2) is 9.67 Å². The Morgan fingerprint density at radius 3 is 2.96 bits per heavy atom. The second-order valence-electron chi connectivity index (χ2n) is 4.84. The number of anilines is 1. The van der Waals surface area contributed by atoms with E-state index in [1.54, 1.807) is 29.8 Å². The lowest BCUT2D eigenvalue weighted by Gasteiger charge is -2.08. The van der Waals surface area contributed by atoms with Crippen molar-refractivity contribution in [3.63, 3.8) is 0 Å². The molecule has 24 heavy (non-hydrogen) atoms. The van der Waals surface area contributed by atoms with Gasteiger partial charge in [0.25, 0.3) is 10.0 Å². The largest absolute Gasteiger partial charge is 0.280 e. The average molecular weight is 426 g/mol. The zero-order valence-corrected chi connectivity index (χ0v) is 15.0. The molecule has 4 aromatic rings. The van der Waals surface area contributed by atoms with Gasteiger partial charge in [-0.1, -0.05) is 0 Å². The summed E-state index contributed by atoms with van der Waals surface area (Å²) in [6.07, 6.45) is 3.73. The van der Waals surface area contributed by atoms with Gasteiger partial charge in [-0.15, -0.1) is 11.3 Å². The van der Waals surface area contributed by atoms with Gasteiger partial charge in [0.2, 0.25) is 6.41 Å². The second-order valence-corrected chi connectivity index (χ2v) is 8.06. The number of nitrogens with one attached hydrogen (secondary N) is 1. The molecule has 8 nitrogen and oxygen atoms in total. The van der Waals surface area contributed by atoms with Crippen molar-refractivity contribution in [3.05, 3.63) is 40.6 Å². The van der Waals surface area contributed by atoms with Crippen molar-refractivity contribution < 1.29 is 13.2 Å². The summed E-state index contributed by atoms with van der Waals surface area (Å²) >= 11 is 4.52. The SMILES string of the molecule is O=Cn1ncc2ccc(NS(=O)(=O)c3c(Br)nc4sccn34)cc21. The first-order valence-corrected chi connectivity index (χ1v) is 9.71. The average Bonchev–Trinajstić information content (AvgIpc) is 3.19. The summed E-state index contributed by atoms with van der Waals surface area (Å²) in [5.41, 5.74) is 0.835. The van der Waals surface area contributed by atoms with Crippen LogP contribution in [-0.2, 0) is 14.8 Å². The number of hydrogen-bond acceptors (Lipinski definition) is 6. The minimum absolute atomic E-state index is 0.0164. The Morgan fingerprint density at radius 2 is 2.17 bits per heavy atom. The van der Waals surface area contributed by atoms with Gasteiger partial charge in [-0.05, 0) is 34.1 Å². The Labute approximate surface area is 147 Å². The first-order valence-electron chi connectivity index (χ1n) is 6.56. The van der Waals surface area contributed by atoms with Crippen molar-refractivity contribution in [3.8, 4) is 0 Å². The maximum absolute atomic E-state index is 12.7. The van der Waals surface area contributed by atoms with Crippen LogP contribution in [0, 0.1) is 0 Å². The quantitative estimate of drug-likeness (QED) is 0.506. The maximum Gasteiger partial charge on any atom is 0.280 e. The molecule has 3 aromatic heterocycles. The summed E-state index contributed by atoms with van der Waals surface area (Å²) in [6.45, 7) is 0. The number of sulfonamides is 1. The molecule has 0 amide bonds. The molecular formula is C13H8BrN5O3S2. The zero-order valence-electron chi connectivity index (χ0n) is 11.7. The van der Waals surface area contributed by atoms with Crippen molar-refractivity contribution >= 4 is 65.3 Å². The Morgan fingerprint density at radius 1 is 1.33 bits per heavy atom. The van der Waals surface area contributed by atoms with Gasteiger partial charge in [-0.2, -0.15) is 13.5 Å². The van der Waals surface area contributed by atoms with Gasteiger partial charge in [0, 0.05) is 17.0 Å². The number of thiazole rings is 1. The molecule has 4 rings (SSSR count). The Hall–Kier alpha value is -2.24. The summed E-state index contributed by atoms with van der Waals surface area (Å²) < 4.78 is 30.8. The molecule has 0 aliphatic carbocycles. The number of carbonyl (C=O) groups is 1. The van der Waals surface area contributed by atoms with Crippen LogP contribution in [0.1, 0.15) is 0 Å². The van der Waals surface area contributed by atoms with Gasteiger partial charge in [0.1, 0.15) is 4.60 Å². The highest BCUT2D eigenvalue weighted by Crippen LogP contribution is 2.28. The third kappa shape index (κ3) is 2.32. The molecule has 0 aliphatic rings. The van der Waals surface area contributed by atoms with Gasteiger partial charge in [0.15, 0.2) is 9.99 Å². The smallest absolute Gasteiger partial charge is 0.278 e. The molecule has 0 bridgehead atoms. The van der Waals surface area contributed by atoms with Crippen LogP contribution < -0.4 is 4.72 Å². The van der Waals surface area contributed by atoms with Crippen molar-refractivity contribution in [2.24, 2.45) is 0 Å². The standard InChI is InChI=1S/C13H8BrN5O3S2/c14-11-12(18-3-4-23-13(18)16-11)24(21,22)17-9-2-1-8-6-15-19(7-20)10(8)5-9/h1-7,17H. The van der Waals surface area contributed by atoms with Crippen molar-refractivity contribution in [2.75, 3.05) is 4.72 Å². The van der Waals surface area contributed by atoms with Gasteiger partial charge in [0.05, 0.1) is 17.4 Å². The number of hydrogen-bond donors (Lipinski definition) is 1. The highest BCUT2D eigenvalue weighted by Gasteiger charge is 2.25. The van der Waals surface area contributed by atoms with Crippen molar-refractivity contribution in [1.29, 1.82) is 0 Å². The Bertz CT molecular complexity index is 1190. The molecule has 0 saturated carbocycles. The number of rotatable bonds is 4. The molecular weight excluding hydrogens is 418 g/mol. The van der Waals surface area contributed by atoms with E-state index in [2.05, 4.69) is 30.7 Å². The van der Waals surface area contributed by atoms with Gasteiger partial charge >= 0.3 is 0 Å². The predicted octanol–water partition coefficient (Wildman–Crippen LogP) is 2.35. The van der Waals surface area contributed by atoms with E-state index in [9.17, 15) is 13.2 Å². The zero-order chi connectivity index (χ0) is 16.9. The topological polar surface area (TPSA) is 98.4 Å². The van der Waals surface area contributed by atoms with Crippen molar-refractivity contribution in [1.82, 2.24) is 19.2 Å². The Kier molecular flexibility index (Phi) is 3.44. The summed E-state index contributed by atoms with van der Waals surface area (Å²) in [7, 11) is -3.88. The molecule has 1 aromatic carbocycles. The number of carbonyl (C=O) groups excluding carboxylic acids is 1. The van der Waals surface area contributed by atoms with Crippen molar-refractivity contribution in [2.45, 2.75) is 5.03 Å². The molecule has 0 spiro atoms. The summed E-state index contributed by atoms with van der Waals surface area (Å²) in [5.74, 6) is 0. The number of fused-ring (bicyclic) bond motifs is 2. The Balaban J connectivity index is 1.80. The van der Waals surface area contributed by atoms with Crippen LogP contribution in [0.25, 0.3) is 15.9 Å². The van der Waals surface area contributed by atoms with Crippen LogP contribution in [0.5, 0.6) is 0 Å². The summed E-state index contributed by atoms with van der Waals surface area (Å²) in [5, 5.41) is 6.40. The molecule has 0 saturated heterocycles. The van der Waals surface area contributed by atoms with E-state index in [0.29, 0.717) is 22.6 Å². The molecule has 11 heteroatoms. The lowest BCUT2D eigenvalue weighted by atomic mass is 10.2. The molecule has 0 unspecified atom stereocenters. The van der Waals surface area contributed by atoms with Gasteiger partial charge in [-0.3, -0.25) is 13.9 Å². The fourth-order valence-electron chi connectivity index (χ4n) is 2.37. The summed E-state index contributed by atoms with van der Waals surface area (Å²) in [6, 6.07) is 4.84. The highest BCUT2D eigenvalue weighted by atomic mass is 79.9. The number of nitrogens with zero attached hydrogens (tertiary/aromatic N) is 4. The molecule has 0 radical (unpaired) electrons. The molecule has 0 fully saturated rings. The van der Waals surface area contributed by atoms with Crippen LogP contribution >= 0.6 is 27.3 Å². The number of benzene rings is 1. The molecule has 0 atom stereocenters. The van der Waals surface area contributed by atoms with E-state index in [1.165, 1.54) is 21.9 Å². The van der Waals surface area contributed by atoms with Crippen LogP contribution in [0.4, 0.5) is 5.69 Å². The monoisotopic (exact) mass is 425 g/mol. The van der Waals surface area contributed by atoms with E-state index in [-0.39, 0.29) is 9.63 Å². The van der Waals surface area contributed by atoms with E-state index in [4.69, 9.17) is 0 Å².